The van der Waals surface area contributed by atoms with Crippen LogP contribution < -0.4 is 10.6 Å². The molecule has 1 aliphatic rings. The van der Waals surface area contributed by atoms with Gasteiger partial charge in [-0.05, 0) is 36.8 Å². The maximum atomic E-state index is 14.0. The van der Waals surface area contributed by atoms with E-state index in [1.54, 1.807) is 0 Å². The Morgan fingerprint density at radius 2 is 2.22 bits per heavy atom. The largest absolute Gasteiger partial charge is 0.503 e. The van der Waals surface area contributed by atoms with E-state index >= 15 is 0 Å². The molecule has 0 atom stereocenters. The molecule has 1 aromatic heterocycles. The number of rotatable bonds is 3. The van der Waals surface area contributed by atoms with Crippen LogP contribution in [0.3, 0.4) is 0 Å². The predicted octanol–water partition coefficient (Wildman–Crippen LogP) is 3.44. The lowest BCUT2D eigenvalue weighted by atomic mass is 10.2. The third kappa shape index (κ3) is 3.27. The molecule has 118 valence electrons. The highest BCUT2D eigenvalue weighted by atomic mass is 35.5. The number of hydrogen-bond acceptors (Lipinski definition) is 5. The van der Waals surface area contributed by atoms with Crippen LogP contribution in [0.5, 0.6) is 5.75 Å². The summed E-state index contributed by atoms with van der Waals surface area (Å²) in [5.74, 6) is -0.261. The van der Waals surface area contributed by atoms with Crippen LogP contribution in [-0.2, 0) is 0 Å². The Hall–Kier alpha value is -2.60. The molecule has 5 nitrogen and oxygen atoms in total. The number of aromatic nitrogens is 2. The molecule has 0 unspecified atom stereocenters. The highest BCUT2D eigenvalue weighted by Gasteiger charge is 2.14. The van der Waals surface area contributed by atoms with Crippen molar-refractivity contribution in [2.75, 3.05) is 11.9 Å². The standard InChI is InChI=1S/C16H14ClFN4O/c1-9-7-19-5-4-13(9)21-16-14(23)8-20-15(22-16)11-6-10(17)2-3-12(11)18/h2-4,6-8,19,23H,5H2,1H3,(H,20,21,22). The Labute approximate surface area is 137 Å². The molecule has 0 fully saturated rings. The summed E-state index contributed by atoms with van der Waals surface area (Å²) in [7, 11) is 0. The van der Waals surface area contributed by atoms with E-state index in [0.717, 1.165) is 11.3 Å². The van der Waals surface area contributed by atoms with E-state index in [9.17, 15) is 9.50 Å². The van der Waals surface area contributed by atoms with Gasteiger partial charge in [0.1, 0.15) is 5.82 Å². The van der Waals surface area contributed by atoms with Gasteiger partial charge < -0.3 is 15.7 Å². The molecule has 23 heavy (non-hydrogen) atoms. The van der Waals surface area contributed by atoms with E-state index in [1.807, 2.05) is 19.2 Å². The average molecular weight is 333 g/mol. The zero-order chi connectivity index (χ0) is 16.4. The van der Waals surface area contributed by atoms with Crippen LogP contribution >= 0.6 is 11.6 Å². The minimum atomic E-state index is -0.483. The zero-order valence-electron chi connectivity index (χ0n) is 12.3. The minimum Gasteiger partial charge on any atom is -0.503 e. The first kappa shape index (κ1) is 15.3. The highest BCUT2D eigenvalue weighted by Crippen LogP contribution is 2.28. The molecule has 3 N–H and O–H groups in total. The van der Waals surface area contributed by atoms with Gasteiger partial charge in [0, 0.05) is 23.5 Å². The van der Waals surface area contributed by atoms with Crippen LogP contribution in [0.15, 0.2) is 47.9 Å². The first-order chi connectivity index (χ1) is 11.0. The number of benzene rings is 1. The second-order valence-corrected chi connectivity index (χ2v) is 5.47. The molecule has 1 aliphatic heterocycles. The number of hydrogen-bond donors (Lipinski definition) is 3. The molecule has 0 aliphatic carbocycles. The van der Waals surface area contributed by atoms with Gasteiger partial charge in [-0.1, -0.05) is 11.6 Å². The third-order valence-corrected chi connectivity index (χ3v) is 3.59. The topological polar surface area (TPSA) is 70.1 Å². The lowest BCUT2D eigenvalue weighted by Crippen LogP contribution is -2.16. The van der Waals surface area contributed by atoms with Gasteiger partial charge in [0.05, 0.1) is 11.8 Å². The van der Waals surface area contributed by atoms with E-state index in [0.29, 0.717) is 11.6 Å². The fourth-order valence-electron chi connectivity index (χ4n) is 2.16. The Morgan fingerprint density at radius 1 is 1.39 bits per heavy atom. The SMILES string of the molecule is CC1=CNCC=C1Nc1nc(-c2cc(Cl)ccc2F)ncc1O. The van der Waals surface area contributed by atoms with Gasteiger partial charge >= 0.3 is 0 Å². The molecule has 0 saturated heterocycles. The van der Waals surface area contributed by atoms with E-state index in [1.165, 1.54) is 24.4 Å². The first-order valence-corrected chi connectivity index (χ1v) is 7.31. The lowest BCUT2D eigenvalue weighted by Gasteiger charge is -2.16. The Kier molecular flexibility index (Phi) is 4.16. The van der Waals surface area contributed by atoms with E-state index in [-0.39, 0.29) is 23.0 Å². The normalized spacial score (nSPS) is 13.9. The van der Waals surface area contributed by atoms with Crippen LogP contribution in [0.25, 0.3) is 11.4 Å². The minimum absolute atomic E-state index is 0.122. The van der Waals surface area contributed by atoms with Crippen LogP contribution in [0.4, 0.5) is 10.2 Å². The van der Waals surface area contributed by atoms with Gasteiger partial charge in [-0.2, -0.15) is 0 Å². The number of anilines is 1. The Morgan fingerprint density at radius 3 is 3.00 bits per heavy atom. The van der Waals surface area contributed by atoms with Crippen molar-refractivity contribution in [2.24, 2.45) is 0 Å². The molecule has 0 radical (unpaired) electrons. The van der Waals surface area contributed by atoms with Crippen molar-refractivity contribution in [1.82, 2.24) is 15.3 Å². The molecule has 7 heteroatoms. The number of halogens is 2. The summed E-state index contributed by atoms with van der Waals surface area (Å²) in [4.78, 5) is 8.19. The van der Waals surface area contributed by atoms with Crippen molar-refractivity contribution in [3.8, 4) is 17.1 Å². The summed E-state index contributed by atoms with van der Waals surface area (Å²) in [6, 6.07) is 4.15. The smallest absolute Gasteiger partial charge is 0.177 e. The van der Waals surface area contributed by atoms with Gasteiger partial charge in [-0.25, -0.2) is 14.4 Å². The molecule has 3 rings (SSSR count). The van der Waals surface area contributed by atoms with E-state index < -0.39 is 5.82 Å². The third-order valence-electron chi connectivity index (χ3n) is 3.36. The molecular weight excluding hydrogens is 319 g/mol. The fraction of sp³-hybridized carbons (Fsp3) is 0.125. The molecule has 0 bridgehead atoms. The van der Waals surface area contributed by atoms with Crippen LogP contribution in [0, 0.1) is 5.82 Å². The zero-order valence-corrected chi connectivity index (χ0v) is 13.0. The molecule has 0 spiro atoms. The van der Waals surface area contributed by atoms with Gasteiger partial charge in [-0.15, -0.1) is 0 Å². The molecule has 0 amide bonds. The van der Waals surface area contributed by atoms with Crippen molar-refractivity contribution in [3.05, 3.63) is 58.8 Å². The Bertz CT molecular complexity index is 820. The molecule has 1 aromatic carbocycles. The average Bonchev–Trinajstić information content (AvgIpc) is 2.54. The van der Waals surface area contributed by atoms with Gasteiger partial charge in [-0.3, -0.25) is 0 Å². The maximum absolute atomic E-state index is 14.0. The van der Waals surface area contributed by atoms with Gasteiger partial charge in [0.15, 0.2) is 17.4 Å². The summed E-state index contributed by atoms with van der Waals surface area (Å²) >= 11 is 5.90. The van der Waals surface area contributed by atoms with E-state index in [2.05, 4.69) is 20.6 Å². The number of dihydropyridines is 1. The fourth-order valence-corrected chi connectivity index (χ4v) is 2.33. The number of nitrogens with zero attached hydrogens (tertiary/aromatic N) is 2. The second-order valence-electron chi connectivity index (χ2n) is 5.03. The molecule has 2 aromatic rings. The predicted molar refractivity (Wildman–Crippen MR) is 87.6 cm³/mol. The van der Waals surface area contributed by atoms with E-state index in [4.69, 9.17) is 11.6 Å². The second kappa shape index (κ2) is 6.26. The summed E-state index contributed by atoms with van der Waals surface area (Å²) < 4.78 is 14.0. The first-order valence-electron chi connectivity index (χ1n) is 6.94. The van der Waals surface area contributed by atoms with Crippen molar-refractivity contribution >= 4 is 17.4 Å². The summed E-state index contributed by atoms with van der Waals surface area (Å²) in [6.07, 6.45) is 5.01. The van der Waals surface area contributed by atoms with Gasteiger partial charge in [0.2, 0.25) is 0 Å². The van der Waals surface area contributed by atoms with Crippen molar-refractivity contribution in [2.45, 2.75) is 6.92 Å². The quantitative estimate of drug-likeness (QED) is 0.803. The summed E-state index contributed by atoms with van der Waals surface area (Å²) in [6.45, 7) is 2.59. The molecule has 2 heterocycles. The van der Waals surface area contributed by atoms with Gasteiger partial charge in [0.25, 0.3) is 0 Å². The molecule has 0 saturated carbocycles. The Balaban J connectivity index is 1.98. The summed E-state index contributed by atoms with van der Waals surface area (Å²) in [5, 5.41) is 16.5. The van der Waals surface area contributed by atoms with Crippen LogP contribution in [0.2, 0.25) is 5.02 Å². The maximum Gasteiger partial charge on any atom is 0.177 e. The van der Waals surface area contributed by atoms with Crippen molar-refractivity contribution in [3.63, 3.8) is 0 Å². The van der Waals surface area contributed by atoms with Crippen molar-refractivity contribution in [1.29, 1.82) is 0 Å². The number of aromatic hydroxyl groups is 1. The monoisotopic (exact) mass is 332 g/mol. The van der Waals surface area contributed by atoms with Crippen LogP contribution in [0.1, 0.15) is 6.92 Å². The summed E-state index contributed by atoms with van der Waals surface area (Å²) in [5.41, 5.74) is 1.95. The highest BCUT2D eigenvalue weighted by molar-refractivity contribution is 6.30. The number of nitrogens with one attached hydrogen (secondary N) is 2. The number of allylic oxidation sites excluding steroid dienone is 1. The van der Waals surface area contributed by atoms with Crippen molar-refractivity contribution < 1.29 is 9.50 Å². The van der Waals surface area contributed by atoms with Crippen LogP contribution in [-0.4, -0.2) is 21.6 Å². The molecular formula is C16H14ClFN4O. The lowest BCUT2D eigenvalue weighted by molar-refractivity contribution is 0.472.